The molecule has 4 nitrogen and oxygen atoms in total. The van der Waals surface area contributed by atoms with Crippen molar-refractivity contribution >= 4 is 21.8 Å². The number of hydrogen-bond donors (Lipinski definition) is 1. The number of carbonyl (C=O) groups is 1. The standard InChI is InChI=1S/C16H13BrN2O2/c17-13-6-5-7-14(12-13)21-11-4-3-10-19-16(20)15-8-1-2-9-18-15/h1-2,5-9,12H,10-11H2,(H,19,20). The van der Waals surface area contributed by atoms with Crippen LogP contribution in [-0.4, -0.2) is 24.0 Å². The lowest BCUT2D eigenvalue weighted by Gasteiger charge is -2.01. The van der Waals surface area contributed by atoms with Crippen molar-refractivity contribution < 1.29 is 9.53 Å². The molecule has 1 aromatic carbocycles. The minimum atomic E-state index is -0.238. The van der Waals surface area contributed by atoms with Gasteiger partial charge >= 0.3 is 0 Å². The minimum Gasteiger partial charge on any atom is -0.481 e. The minimum absolute atomic E-state index is 0.238. The monoisotopic (exact) mass is 344 g/mol. The number of nitrogens with zero attached hydrogens (tertiary/aromatic N) is 1. The SMILES string of the molecule is O=C(NCC#CCOc1cccc(Br)c1)c1ccccn1. The largest absolute Gasteiger partial charge is 0.481 e. The predicted molar refractivity (Wildman–Crippen MR) is 84.0 cm³/mol. The topological polar surface area (TPSA) is 51.2 Å². The molecule has 2 rings (SSSR count). The van der Waals surface area contributed by atoms with E-state index in [0.717, 1.165) is 10.2 Å². The van der Waals surface area contributed by atoms with Gasteiger partial charge in [0.15, 0.2) is 0 Å². The molecule has 0 aliphatic carbocycles. The van der Waals surface area contributed by atoms with Crippen LogP contribution in [0.2, 0.25) is 0 Å². The lowest BCUT2D eigenvalue weighted by molar-refractivity contribution is 0.0953. The third-order valence-corrected chi connectivity index (χ3v) is 2.96. The van der Waals surface area contributed by atoms with E-state index in [4.69, 9.17) is 4.74 Å². The number of hydrogen-bond acceptors (Lipinski definition) is 3. The van der Waals surface area contributed by atoms with Gasteiger partial charge in [-0.3, -0.25) is 9.78 Å². The molecule has 2 aromatic rings. The number of ether oxygens (including phenoxy) is 1. The zero-order valence-corrected chi connectivity index (χ0v) is 12.8. The molecule has 0 saturated heterocycles. The fourth-order valence-electron chi connectivity index (χ4n) is 1.50. The molecule has 0 fully saturated rings. The Morgan fingerprint density at radius 1 is 1.24 bits per heavy atom. The van der Waals surface area contributed by atoms with E-state index in [-0.39, 0.29) is 19.1 Å². The summed E-state index contributed by atoms with van der Waals surface area (Å²) in [5.41, 5.74) is 0.379. The van der Waals surface area contributed by atoms with Gasteiger partial charge in [-0.25, -0.2) is 0 Å². The van der Waals surface area contributed by atoms with Gasteiger partial charge in [-0.1, -0.05) is 39.9 Å². The van der Waals surface area contributed by atoms with Gasteiger partial charge < -0.3 is 10.1 Å². The smallest absolute Gasteiger partial charge is 0.270 e. The second kappa shape index (κ2) is 8.08. The van der Waals surface area contributed by atoms with Crippen molar-refractivity contribution in [1.29, 1.82) is 0 Å². The Morgan fingerprint density at radius 2 is 2.14 bits per heavy atom. The van der Waals surface area contributed by atoms with Crippen LogP contribution in [-0.2, 0) is 0 Å². The maximum atomic E-state index is 11.7. The Kier molecular flexibility index (Phi) is 5.80. The normalized spacial score (nSPS) is 9.38. The summed E-state index contributed by atoms with van der Waals surface area (Å²) in [5.74, 6) is 6.17. The Morgan fingerprint density at radius 3 is 2.90 bits per heavy atom. The predicted octanol–water partition coefficient (Wildman–Crippen LogP) is 2.66. The molecule has 0 atom stereocenters. The van der Waals surface area contributed by atoms with Crippen molar-refractivity contribution in [3.05, 3.63) is 58.8 Å². The molecular formula is C16H13BrN2O2. The summed E-state index contributed by atoms with van der Waals surface area (Å²) in [5, 5.41) is 2.67. The number of amides is 1. The van der Waals surface area contributed by atoms with Crippen molar-refractivity contribution in [2.45, 2.75) is 0 Å². The first-order chi connectivity index (χ1) is 10.3. The van der Waals surface area contributed by atoms with Gasteiger partial charge in [-0.05, 0) is 30.3 Å². The number of pyridine rings is 1. The molecule has 106 valence electrons. The summed E-state index contributed by atoms with van der Waals surface area (Å²) >= 11 is 3.36. The highest BCUT2D eigenvalue weighted by Gasteiger charge is 2.02. The van der Waals surface area contributed by atoms with Gasteiger partial charge in [-0.2, -0.15) is 0 Å². The van der Waals surface area contributed by atoms with E-state index in [9.17, 15) is 4.79 Å². The van der Waals surface area contributed by atoms with Gasteiger partial charge in [0, 0.05) is 10.7 Å². The second-order valence-electron chi connectivity index (χ2n) is 4.00. The summed E-state index contributed by atoms with van der Waals surface area (Å²) in [6.07, 6.45) is 1.58. The summed E-state index contributed by atoms with van der Waals surface area (Å²) in [4.78, 5) is 15.6. The Bertz CT molecular complexity index is 663. The lowest BCUT2D eigenvalue weighted by atomic mass is 10.3. The van der Waals surface area contributed by atoms with E-state index in [1.54, 1.807) is 24.4 Å². The van der Waals surface area contributed by atoms with Gasteiger partial charge in [0.05, 0.1) is 6.54 Å². The second-order valence-corrected chi connectivity index (χ2v) is 4.91. The van der Waals surface area contributed by atoms with Crippen LogP contribution in [0.4, 0.5) is 0 Å². The van der Waals surface area contributed by atoms with Crippen LogP contribution in [0, 0.1) is 11.8 Å². The number of carbonyl (C=O) groups excluding carboxylic acids is 1. The van der Waals surface area contributed by atoms with Crippen LogP contribution in [0.15, 0.2) is 53.1 Å². The molecule has 0 unspecified atom stereocenters. The molecule has 5 heteroatoms. The maximum Gasteiger partial charge on any atom is 0.270 e. The van der Waals surface area contributed by atoms with E-state index in [0.29, 0.717) is 5.69 Å². The quantitative estimate of drug-likeness (QED) is 0.867. The first-order valence-electron chi connectivity index (χ1n) is 6.29. The number of rotatable bonds is 4. The van der Waals surface area contributed by atoms with Crippen molar-refractivity contribution in [3.8, 4) is 17.6 Å². The van der Waals surface area contributed by atoms with Crippen LogP contribution in [0.1, 0.15) is 10.5 Å². The van der Waals surface area contributed by atoms with Crippen LogP contribution in [0.5, 0.6) is 5.75 Å². The fourth-order valence-corrected chi connectivity index (χ4v) is 1.88. The molecule has 1 aromatic heterocycles. The van der Waals surface area contributed by atoms with Gasteiger partial charge in [-0.15, -0.1) is 0 Å². The summed E-state index contributed by atoms with van der Waals surface area (Å²) < 4.78 is 6.40. The molecular weight excluding hydrogens is 332 g/mol. The zero-order valence-electron chi connectivity index (χ0n) is 11.2. The molecule has 0 aliphatic heterocycles. The molecule has 0 bridgehead atoms. The summed E-state index contributed by atoms with van der Waals surface area (Å²) in [7, 11) is 0. The van der Waals surface area contributed by atoms with Crippen molar-refractivity contribution in [1.82, 2.24) is 10.3 Å². The average Bonchev–Trinajstić information content (AvgIpc) is 2.51. The first kappa shape index (κ1) is 15.1. The first-order valence-corrected chi connectivity index (χ1v) is 7.08. The third kappa shape index (κ3) is 5.28. The lowest BCUT2D eigenvalue weighted by Crippen LogP contribution is -2.24. The highest BCUT2D eigenvalue weighted by molar-refractivity contribution is 9.10. The third-order valence-electron chi connectivity index (χ3n) is 2.47. The number of nitrogens with one attached hydrogen (secondary N) is 1. The Labute approximate surface area is 131 Å². The Balaban J connectivity index is 1.71. The highest BCUT2D eigenvalue weighted by atomic mass is 79.9. The molecule has 1 N–H and O–H groups in total. The Hall–Kier alpha value is -2.32. The van der Waals surface area contributed by atoms with E-state index < -0.39 is 0 Å². The van der Waals surface area contributed by atoms with Crippen molar-refractivity contribution in [2.75, 3.05) is 13.2 Å². The fraction of sp³-hybridized carbons (Fsp3) is 0.125. The van der Waals surface area contributed by atoms with Crippen molar-refractivity contribution in [3.63, 3.8) is 0 Å². The van der Waals surface area contributed by atoms with Gasteiger partial charge in [0.2, 0.25) is 0 Å². The van der Waals surface area contributed by atoms with E-state index in [1.807, 2.05) is 24.3 Å². The molecule has 0 aliphatic rings. The summed E-state index contributed by atoms with van der Waals surface area (Å²) in [6.45, 7) is 0.535. The van der Waals surface area contributed by atoms with Gasteiger partial charge in [0.25, 0.3) is 5.91 Å². The number of aromatic nitrogens is 1. The number of halogens is 1. The van der Waals surface area contributed by atoms with E-state index >= 15 is 0 Å². The van der Waals surface area contributed by atoms with Crippen LogP contribution >= 0.6 is 15.9 Å². The molecule has 21 heavy (non-hydrogen) atoms. The van der Waals surface area contributed by atoms with Crippen LogP contribution in [0.25, 0.3) is 0 Å². The molecule has 0 spiro atoms. The van der Waals surface area contributed by atoms with Crippen LogP contribution in [0.3, 0.4) is 0 Å². The van der Waals surface area contributed by atoms with E-state index in [2.05, 4.69) is 38.1 Å². The van der Waals surface area contributed by atoms with Crippen LogP contribution < -0.4 is 10.1 Å². The highest BCUT2D eigenvalue weighted by Crippen LogP contribution is 2.17. The van der Waals surface area contributed by atoms with Crippen molar-refractivity contribution in [2.24, 2.45) is 0 Å². The zero-order chi connectivity index (χ0) is 14.9. The number of benzene rings is 1. The average molecular weight is 345 g/mol. The molecule has 0 saturated carbocycles. The van der Waals surface area contributed by atoms with Gasteiger partial charge in [0.1, 0.15) is 18.1 Å². The summed E-state index contributed by atoms with van der Waals surface area (Å²) in [6, 6.07) is 12.7. The van der Waals surface area contributed by atoms with E-state index in [1.165, 1.54) is 0 Å². The molecule has 0 radical (unpaired) electrons. The molecule has 1 heterocycles. The molecule has 1 amide bonds. The maximum absolute atomic E-state index is 11.7.